The van der Waals surface area contributed by atoms with E-state index in [1.807, 2.05) is 6.21 Å². The Morgan fingerprint density at radius 1 is 1.02 bits per heavy atom. The number of rotatable bonds is 11. The minimum atomic E-state index is 0.316. The van der Waals surface area contributed by atoms with Crippen molar-refractivity contribution in [3.8, 4) is 0 Å². The van der Waals surface area contributed by atoms with Crippen LogP contribution in [0.4, 0.5) is 0 Å². The van der Waals surface area contributed by atoms with Crippen molar-refractivity contribution in [2.24, 2.45) is 22.7 Å². The smallest absolute Gasteiger partial charge is 0.161 e. The van der Waals surface area contributed by atoms with Gasteiger partial charge in [0.05, 0.1) is 6.54 Å². The second-order valence-electron chi connectivity index (χ2n) is 13.2. The van der Waals surface area contributed by atoms with E-state index < -0.39 is 0 Å². The molecule has 5 rings (SSSR count). The Balaban J connectivity index is 1.31. The molecule has 1 saturated carbocycles. The number of hydrogen-bond acceptors (Lipinski definition) is 3. The number of nitrogens with zero attached hydrogens (tertiary/aromatic N) is 2. The van der Waals surface area contributed by atoms with Crippen LogP contribution in [0.15, 0.2) is 82.9 Å². The molecule has 1 aromatic rings. The van der Waals surface area contributed by atoms with Gasteiger partial charge in [-0.1, -0.05) is 95.5 Å². The molecule has 0 bridgehead atoms. The Bertz CT molecular complexity index is 1340. The Morgan fingerprint density at radius 2 is 1.86 bits per heavy atom. The van der Waals surface area contributed by atoms with Crippen LogP contribution in [0.3, 0.4) is 0 Å². The van der Waals surface area contributed by atoms with Gasteiger partial charge >= 0.3 is 0 Å². The van der Waals surface area contributed by atoms with Crippen LogP contribution >= 0.6 is 0 Å². The Morgan fingerprint density at radius 3 is 2.67 bits per heavy atom. The van der Waals surface area contributed by atoms with Crippen LogP contribution in [0, 0.1) is 17.8 Å². The van der Waals surface area contributed by atoms with Crippen LogP contribution in [-0.2, 0) is 11.3 Å². The van der Waals surface area contributed by atoms with Crippen molar-refractivity contribution in [2.45, 2.75) is 91.5 Å². The van der Waals surface area contributed by atoms with Gasteiger partial charge in [0.2, 0.25) is 0 Å². The van der Waals surface area contributed by atoms with Gasteiger partial charge in [0.1, 0.15) is 0 Å². The number of aliphatic imine (C=N–C) groups is 1. The van der Waals surface area contributed by atoms with Gasteiger partial charge in [0.15, 0.2) is 5.78 Å². The van der Waals surface area contributed by atoms with Gasteiger partial charge in [-0.05, 0) is 95.9 Å². The molecule has 2 aliphatic heterocycles. The minimum absolute atomic E-state index is 0.316. The summed E-state index contributed by atoms with van der Waals surface area (Å²) in [4.78, 5) is 19.8. The van der Waals surface area contributed by atoms with Crippen molar-refractivity contribution < 1.29 is 4.79 Å². The lowest BCUT2D eigenvalue weighted by atomic mass is 9.89. The fourth-order valence-electron chi connectivity index (χ4n) is 6.55. The molecule has 0 N–H and O–H groups in total. The van der Waals surface area contributed by atoms with Gasteiger partial charge in [0.25, 0.3) is 0 Å². The van der Waals surface area contributed by atoms with Gasteiger partial charge in [-0.3, -0.25) is 9.79 Å². The first-order valence-electron chi connectivity index (χ1n) is 16.5. The molecule has 1 atom stereocenters. The third-order valence-electron chi connectivity index (χ3n) is 9.31. The Kier molecular flexibility index (Phi) is 10.3. The van der Waals surface area contributed by atoms with Gasteiger partial charge in [-0.15, -0.1) is 0 Å². The molecule has 0 amide bonds. The molecule has 2 aliphatic carbocycles. The quantitative estimate of drug-likeness (QED) is 0.252. The number of unbranched alkanes of at least 4 members (excludes halogenated alkanes) is 2. The molecule has 3 nitrogen and oxygen atoms in total. The molecular formula is C39H50N2O. The number of benzene rings is 1. The monoisotopic (exact) mass is 562 g/mol. The third-order valence-corrected chi connectivity index (χ3v) is 9.31. The highest BCUT2D eigenvalue weighted by atomic mass is 16.1. The second kappa shape index (κ2) is 14.3. The number of carbonyl (C=O) groups excluding carboxylic acids is 1. The number of Topliss-reactive ketones (excluding diaryl/α,β-unsaturated/α-hetero) is 1. The first-order valence-corrected chi connectivity index (χ1v) is 16.5. The van der Waals surface area contributed by atoms with Crippen LogP contribution in [0.25, 0.3) is 11.3 Å². The molecule has 0 radical (unpaired) electrons. The molecule has 1 aromatic carbocycles. The van der Waals surface area contributed by atoms with E-state index >= 15 is 0 Å². The maximum Gasteiger partial charge on any atom is 0.161 e. The summed E-state index contributed by atoms with van der Waals surface area (Å²) in [6.07, 6.45) is 26.9. The molecule has 0 spiro atoms. The number of ketones is 1. The third kappa shape index (κ3) is 7.79. The van der Waals surface area contributed by atoms with E-state index in [0.717, 1.165) is 62.3 Å². The fourth-order valence-corrected chi connectivity index (χ4v) is 6.55. The molecule has 4 aliphatic rings. The number of allylic oxidation sites excluding steroid dienone is 9. The van der Waals surface area contributed by atoms with E-state index in [4.69, 9.17) is 0 Å². The lowest BCUT2D eigenvalue weighted by Crippen LogP contribution is -2.27. The largest absolute Gasteiger partial charge is 0.371 e. The maximum absolute atomic E-state index is 12.7. The van der Waals surface area contributed by atoms with Crippen molar-refractivity contribution in [2.75, 3.05) is 13.1 Å². The van der Waals surface area contributed by atoms with Crippen LogP contribution in [-0.4, -0.2) is 30.0 Å². The van der Waals surface area contributed by atoms with Crippen molar-refractivity contribution in [1.29, 1.82) is 0 Å². The topological polar surface area (TPSA) is 32.7 Å². The fraction of sp³-hybridized carbons (Fsp3) is 0.487. The maximum atomic E-state index is 12.7. The number of fused-ring (bicyclic) bond motifs is 1. The molecule has 222 valence electrons. The molecule has 1 fully saturated rings. The summed E-state index contributed by atoms with van der Waals surface area (Å²) in [5.41, 5.74) is 9.83. The molecule has 3 heteroatoms. The molecular weight excluding hydrogens is 512 g/mol. The van der Waals surface area contributed by atoms with Crippen LogP contribution < -0.4 is 0 Å². The summed E-state index contributed by atoms with van der Waals surface area (Å²) in [6.45, 7) is 14.0. The van der Waals surface area contributed by atoms with Crippen molar-refractivity contribution in [1.82, 2.24) is 4.90 Å². The summed E-state index contributed by atoms with van der Waals surface area (Å²) in [6, 6.07) is 6.87. The highest BCUT2D eigenvalue weighted by Crippen LogP contribution is 2.36. The first-order chi connectivity index (χ1) is 20.4. The highest BCUT2D eigenvalue weighted by Gasteiger charge is 2.31. The van der Waals surface area contributed by atoms with Crippen molar-refractivity contribution >= 4 is 23.3 Å². The Labute approximate surface area is 254 Å². The SMILES string of the molecule is C=C1C=CC(c2ccc3c(c2)C(N2CC/C=C(\C(=O)C4CC4)CCC2)=CC=NC3)=CC=C1[C@@H](C)CCCCCC(C)C. The lowest BCUT2D eigenvalue weighted by molar-refractivity contribution is -0.116. The highest BCUT2D eigenvalue weighted by molar-refractivity contribution is 5.98. The zero-order valence-electron chi connectivity index (χ0n) is 26.2. The number of hydrogen-bond donors (Lipinski definition) is 0. The van der Waals surface area contributed by atoms with Gasteiger partial charge in [-0.25, -0.2) is 0 Å². The normalized spacial score (nSPS) is 21.2. The minimum Gasteiger partial charge on any atom is -0.371 e. The number of carbonyl (C=O) groups is 1. The van der Waals surface area contributed by atoms with Gasteiger partial charge < -0.3 is 4.90 Å². The van der Waals surface area contributed by atoms with Crippen molar-refractivity contribution in [3.63, 3.8) is 0 Å². The summed E-state index contributed by atoms with van der Waals surface area (Å²) in [5.74, 6) is 2.04. The van der Waals surface area contributed by atoms with Crippen LogP contribution in [0.1, 0.15) is 102 Å². The van der Waals surface area contributed by atoms with E-state index in [1.165, 1.54) is 65.6 Å². The summed E-state index contributed by atoms with van der Waals surface area (Å²) >= 11 is 0. The average Bonchev–Trinajstić information content (AvgIpc) is 3.82. The van der Waals surface area contributed by atoms with Crippen LogP contribution in [0.2, 0.25) is 0 Å². The standard InChI is InChI=1S/C39H50N2O/c1-28(2)10-6-5-7-11-29(3)36-21-20-31(15-14-30(36)4)34-18-19-35-27-40-23-22-38(37(35)26-34)41-24-8-12-32(13-9-25-41)39(42)33-16-17-33/h12,14-15,18-23,26,28-29,33H,4-11,13,16-17,24-25,27H2,1-3H3/b32-12-/t29-/m0/s1. The first kappa shape index (κ1) is 30.3. The molecule has 42 heavy (non-hydrogen) atoms. The van der Waals surface area contributed by atoms with Gasteiger partial charge in [0, 0.05) is 36.5 Å². The molecule has 0 aromatic heterocycles. The Hall–Kier alpha value is -3.20. The molecule has 0 unspecified atom stereocenters. The van der Waals surface area contributed by atoms with E-state index in [-0.39, 0.29) is 0 Å². The van der Waals surface area contributed by atoms with E-state index in [9.17, 15) is 4.79 Å². The summed E-state index contributed by atoms with van der Waals surface area (Å²) < 4.78 is 0. The van der Waals surface area contributed by atoms with E-state index in [0.29, 0.717) is 24.2 Å². The van der Waals surface area contributed by atoms with E-state index in [2.05, 4.69) is 91.9 Å². The molecule has 0 saturated heterocycles. The summed E-state index contributed by atoms with van der Waals surface area (Å²) in [5, 5.41) is 0. The predicted molar refractivity (Wildman–Crippen MR) is 179 cm³/mol. The predicted octanol–water partition coefficient (Wildman–Crippen LogP) is 9.68. The average molecular weight is 563 g/mol. The van der Waals surface area contributed by atoms with E-state index in [1.54, 1.807) is 0 Å². The zero-order valence-corrected chi connectivity index (χ0v) is 26.2. The van der Waals surface area contributed by atoms with Gasteiger partial charge in [-0.2, -0.15) is 0 Å². The second-order valence-corrected chi connectivity index (χ2v) is 13.2. The van der Waals surface area contributed by atoms with Crippen molar-refractivity contribution in [3.05, 3.63) is 94.6 Å². The molecule has 2 heterocycles. The summed E-state index contributed by atoms with van der Waals surface area (Å²) in [7, 11) is 0. The van der Waals surface area contributed by atoms with Crippen LogP contribution in [0.5, 0.6) is 0 Å². The zero-order chi connectivity index (χ0) is 29.5. The lowest BCUT2D eigenvalue weighted by Gasteiger charge is -2.30.